The average molecular weight is 304 g/mol. The van der Waals surface area contributed by atoms with Gasteiger partial charge in [-0.1, -0.05) is 37.3 Å². The molecule has 0 saturated carbocycles. The Kier molecular flexibility index (Phi) is 4.98. The summed E-state index contributed by atoms with van der Waals surface area (Å²) in [5.74, 6) is 0. The second-order valence-corrected chi connectivity index (χ2v) is 6.48. The van der Waals surface area contributed by atoms with E-state index in [1.165, 1.54) is 0 Å². The first-order valence-electron chi connectivity index (χ1n) is 6.92. The summed E-state index contributed by atoms with van der Waals surface area (Å²) in [6.07, 6.45) is 0.692. The van der Waals surface area contributed by atoms with Crippen molar-refractivity contribution in [2.24, 2.45) is 0 Å². The largest absolute Gasteiger partial charge is 0.388 e. The third kappa shape index (κ3) is 3.83. The van der Waals surface area contributed by atoms with E-state index in [9.17, 15) is 8.42 Å². The van der Waals surface area contributed by atoms with Gasteiger partial charge in [-0.2, -0.15) is 0 Å². The summed E-state index contributed by atoms with van der Waals surface area (Å²) in [6, 6.07) is 16.1. The van der Waals surface area contributed by atoms with E-state index in [1.807, 2.05) is 37.3 Å². The molecule has 1 unspecified atom stereocenters. The molecule has 112 valence electrons. The molecule has 0 aliphatic carbocycles. The molecule has 0 spiro atoms. The minimum absolute atomic E-state index is 0.222. The fraction of sp³-hybridized carbons (Fsp3) is 0.250. The summed E-state index contributed by atoms with van der Waals surface area (Å²) in [4.78, 5) is 0.274. The Balaban J connectivity index is 2.22. The van der Waals surface area contributed by atoms with Crippen LogP contribution in [0.2, 0.25) is 0 Å². The Bertz CT molecular complexity index is 667. The van der Waals surface area contributed by atoms with Gasteiger partial charge >= 0.3 is 0 Å². The minimum atomic E-state index is -3.52. The lowest BCUT2D eigenvalue weighted by atomic mass is 10.1. The molecule has 0 fully saturated rings. The molecule has 0 amide bonds. The molecule has 0 radical (unpaired) electrons. The SMILES string of the molecule is CCC(NS(=O)(=O)c1ccc(NC)cc1)c1ccccc1. The van der Waals surface area contributed by atoms with Crippen LogP contribution in [0, 0.1) is 0 Å². The van der Waals surface area contributed by atoms with Gasteiger partial charge in [0.15, 0.2) is 0 Å². The van der Waals surface area contributed by atoms with Gasteiger partial charge in [0.05, 0.1) is 4.90 Å². The van der Waals surface area contributed by atoms with Crippen molar-refractivity contribution in [1.82, 2.24) is 4.72 Å². The molecule has 0 aliphatic rings. The first-order chi connectivity index (χ1) is 10.1. The second kappa shape index (κ2) is 6.74. The van der Waals surface area contributed by atoms with Gasteiger partial charge < -0.3 is 5.32 Å². The summed E-state index contributed by atoms with van der Waals surface area (Å²) in [5.41, 5.74) is 1.85. The molecule has 0 heterocycles. The number of nitrogens with one attached hydrogen (secondary N) is 2. The normalized spacial score (nSPS) is 12.9. The molecule has 2 N–H and O–H groups in total. The topological polar surface area (TPSA) is 58.2 Å². The molecule has 2 rings (SSSR count). The van der Waals surface area contributed by atoms with E-state index < -0.39 is 10.0 Å². The van der Waals surface area contributed by atoms with E-state index in [2.05, 4.69) is 10.0 Å². The molecule has 2 aromatic carbocycles. The molecule has 0 bridgehead atoms. The Hall–Kier alpha value is -1.85. The van der Waals surface area contributed by atoms with Gasteiger partial charge in [0.2, 0.25) is 10.0 Å². The maximum Gasteiger partial charge on any atom is 0.241 e. The lowest BCUT2D eigenvalue weighted by Crippen LogP contribution is -2.28. The Morgan fingerprint density at radius 3 is 2.14 bits per heavy atom. The van der Waals surface area contributed by atoms with Crippen molar-refractivity contribution < 1.29 is 8.42 Å². The van der Waals surface area contributed by atoms with Crippen molar-refractivity contribution in [1.29, 1.82) is 0 Å². The van der Waals surface area contributed by atoms with E-state index >= 15 is 0 Å². The van der Waals surface area contributed by atoms with E-state index in [0.29, 0.717) is 6.42 Å². The van der Waals surface area contributed by atoms with Crippen molar-refractivity contribution >= 4 is 15.7 Å². The number of hydrogen-bond acceptors (Lipinski definition) is 3. The summed E-state index contributed by atoms with van der Waals surface area (Å²) in [6.45, 7) is 1.96. The first-order valence-corrected chi connectivity index (χ1v) is 8.40. The van der Waals surface area contributed by atoms with Crippen molar-refractivity contribution in [2.45, 2.75) is 24.3 Å². The fourth-order valence-corrected chi connectivity index (χ4v) is 3.44. The second-order valence-electron chi connectivity index (χ2n) is 4.77. The molecule has 0 aromatic heterocycles. The van der Waals surface area contributed by atoms with Crippen molar-refractivity contribution in [3.8, 4) is 0 Å². The zero-order chi connectivity index (χ0) is 15.3. The lowest BCUT2D eigenvalue weighted by molar-refractivity contribution is 0.550. The average Bonchev–Trinajstić information content (AvgIpc) is 2.53. The Labute approximate surface area is 126 Å². The number of rotatable bonds is 6. The van der Waals surface area contributed by atoms with E-state index in [-0.39, 0.29) is 10.9 Å². The molecule has 5 heteroatoms. The van der Waals surface area contributed by atoms with Crippen molar-refractivity contribution in [3.05, 3.63) is 60.2 Å². The van der Waals surface area contributed by atoms with E-state index in [4.69, 9.17) is 0 Å². The third-order valence-electron chi connectivity index (χ3n) is 3.36. The molecule has 1 atom stereocenters. The molecular formula is C16H20N2O2S. The highest BCUT2D eigenvalue weighted by Crippen LogP contribution is 2.20. The van der Waals surface area contributed by atoms with Gasteiger partial charge in [-0.15, -0.1) is 0 Å². The molecule has 2 aromatic rings. The standard InChI is InChI=1S/C16H20N2O2S/c1-3-16(13-7-5-4-6-8-13)18-21(19,20)15-11-9-14(17-2)10-12-15/h4-12,16-18H,3H2,1-2H3. The van der Waals surface area contributed by atoms with Crippen LogP contribution in [0.25, 0.3) is 0 Å². The maximum atomic E-state index is 12.4. The Morgan fingerprint density at radius 1 is 1.00 bits per heavy atom. The van der Waals surface area contributed by atoms with Gasteiger partial charge in [-0.3, -0.25) is 0 Å². The zero-order valence-electron chi connectivity index (χ0n) is 12.2. The summed E-state index contributed by atoms with van der Waals surface area (Å²) < 4.78 is 27.7. The predicted octanol–water partition coefficient (Wildman–Crippen LogP) is 3.16. The van der Waals surface area contributed by atoms with Gasteiger partial charge in [-0.25, -0.2) is 13.1 Å². The molecule has 0 saturated heterocycles. The third-order valence-corrected chi connectivity index (χ3v) is 4.85. The zero-order valence-corrected chi connectivity index (χ0v) is 13.0. The summed E-state index contributed by atoms with van der Waals surface area (Å²) >= 11 is 0. The first kappa shape index (κ1) is 15.5. The van der Waals surface area contributed by atoms with E-state index in [0.717, 1.165) is 11.3 Å². The summed E-state index contributed by atoms with van der Waals surface area (Å²) in [5, 5.41) is 2.97. The molecule has 21 heavy (non-hydrogen) atoms. The van der Waals surface area contributed by atoms with Crippen LogP contribution in [0.4, 0.5) is 5.69 Å². The molecular weight excluding hydrogens is 284 g/mol. The van der Waals surface area contributed by atoms with Crippen LogP contribution < -0.4 is 10.0 Å². The predicted molar refractivity (Wildman–Crippen MR) is 85.8 cm³/mol. The van der Waals surface area contributed by atoms with Crippen LogP contribution in [0.5, 0.6) is 0 Å². The van der Waals surface area contributed by atoms with Crippen LogP contribution in [0.1, 0.15) is 24.9 Å². The van der Waals surface area contributed by atoms with Gasteiger partial charge in [0.25, 0.3) is 0 Å². The van der Waals surface area contributed by atoms with Gasteiger partial charge in [-0.05, 0) is 36.2 Å². The highest BCUT2D eigenvalue weighted by atomic mass is 32.2. The number of benzene rings is 2. The number of hydrogen-bond donors (Lipinski definition) is 2. The van der Waals surface area contributed by atoms with Gasteiger partial charge in [0.1, 0.15) is 0 Å². The van der Waals surface area contributed by atoms with E-state index in [1.54, 1.807) is 31.3 Å². The quantitative estimate of drug-likeness (QED) is 0.862. The fourth-order valence-electron chi connectivity index (χ4n) is 2.13. The Morgan fingerprint density at radius 2 is 1.62 bits per heavy atom. The van der Waals surface area contributed by atoms with Gasteiger partial charge in [0, 0.05) is 18.8 Å². The van der Waals surface area contributed by atoms with Crippen LogP contribution in [-0.4, -0.2) is 15.5 Å². The van der Waals surface area contributed by atoms with Crippen LogP contribution >= 0.6 is 0 Å². The molecule has 0 aliphatic heterocycles. The monoisotopic (exact) mass is 304 g/mol. The smallest absolute Gasteiger partial charge is 0.241 e. The van der Waals surface area contributed by atoms with Crippen LogP contribution in [0.3, 0.4) is 0 Å². The lowest BCUT2D eigenvalue weighted by Gasteiger charge is -2.17. The summed E-state index contributed by atoms with van der Waals surface area (Å²) in [7, 11) is -1.73. The maximum absolute atomic E-state index is 12.4. The highest BCUT2D eigenvalue weighted by Gasteiger charge is 2.19. The van der Waals surface area contributed by atoms with Crippen molar-refractivity contribution in [3.63, 3.8) is 0 Å². The number of anilines is 1. The highest BCUT2D eigenvalue weighted by molar-refractivity contribution is 7.89. The molecule has 4 nitrogen and oxygen atoms in total. The minimum Gasteiger partial charge on any atom is -0.388 e. The van der Waals surface area contributed by atoms with Crippen molar-refractivity contribution in [2.75, 3.05) is 12.4 Å². The van der Waals surface area contributed by atoms with Crippen LogP contribution in [-0.2, 0) is 10.0 Å². The van der Waals surface area contributed by atoms with Crippen LogP contribution in [0.15, 0.2) is 59.5 Å². The number of sulfonamides is 1.